The maximum absolute atomic E-state index is 12.5. The number of ether oxygens (including phenoxy) is 2. The van der Waals surface area contributed by atoms with E-state index in [1.807, 2.05) is 18.2 Å². The second-order valence-electron chi connectivity index (χ2n) is 5.65. The van der Waals surface area contributed by atoms with E-state index in [1.54, 1.807) is 11.0 Å². The summed E-state index contributed by atoms with van der Waals surface area (Å²) in [5, 5.41) is 8.63. The van der Waals surface area contributed by atoms with Crippen molar-refractivity contribution in [3.63, 3.8) is 0 Å². The van der Waals surface area contributed by atoms with Gasteiger partial charge in [-0.05, 0) is 36.6 Å². The third-order valence-electron chi connectivity index (χ3n) is 3.84. The van der Waals surface area contributed by atoms with E-state index in [-0.39, 0.29) is 19.1 Å². The number of fused-ring (bicyclic) bond motifs is 1. The van der Waals surface area contributed by atoms with Gasteiger partial charge >= 0.3 is 5.97 Å². The van der Waals surface area contributed by atoms with Crippen molar-refractivity contribution in [1.29, 1.82) is 0 Å². The first-order valence-corrected chi connectivity index (χ1v) is 9.14. The minimum absolute atomic E-state index is 0.106. The highest BCUT2D eigenvalue weighted by Gasteiger charge is 2.31. The molecule has 0 radical (unpaired) electrons. The number of hydrogen-bond acceptors (Lipinski definition) is 6. The van der Waals surface area contributed by atoms with Gasteiger partial charge in [0.2, 0.25) is 6.79 Å². The van der Waals surface area contributed by atoms with E-state index < -0.39 is 5.97 Å². The lowest BCUT2D eigenvalue weighted by Gasteiger charge is -2.13. The Labute approximate surface area is 154 Å². The summed E-state index contributed by atoms with van der Waals surface area (Å²) in [4.78, 5) is 25.2. The molecule has 0 atom stereocenters. The second-order valence-corrected chi connectivity index (χ2v) is 7.33. The highest BCUT2D eigenvalue weighted by Crippen LogP contribution is 2.36. The topological polar surface area (TPSA) is 76.1 Å². The van der Waals surface area contributed by atoms with Crippen molar-refractivity contribution >= 4 is 46.3 Å². The van der Waals surface area contributed by atoms with Crippen molar-refractivity contribution in [1.82, 2.24) is 4.90 Å². The van der Waals surface area contributed by atoms with Crippen molar-refractivity contribution in [3.8, 4) is 11.5 Å². The third kappa shape index (κ3) is 4.32. The Morgan fingerprint density at radius 3 is 2.88 bits per heavy atom. The molecule has 1 aromatic rings. The first kappa shape index (κ1) is 17.8. The number of amides is 1. The number of thiocarbonyl (C=S) groups is 1. The van der Waals surface area contributed by atoms with Gasteiger partial charge in [0.25, 0.3) is 5.91 Å². The van der Waals surface area contributed by atoms with Crippen LogP contribution in [0.15, 0.2) is 23.1 Å². The average Bonchev–Trinajstić information content (AvgIpc) is 3.13. The summed E-state index contributed by atoms with van der Waals surface area (Å²) in [6, 6.07) is 5.52. The Kier molecular flexibility index (Phi) is 5.60. The molecule has 0 unspecified atom stereocenters. The van der Waals surface area contributed by atoms with Crippen LogP contribution in [0, 0.1) is 0 Å². The molecule has 25 heavy (non-hydrogen) atoms. The standard InChI is InChI=1S/C17H17NO5S2/c19-15(20)4-2-1-3-7-18-16(21)14(25-17(18)24)9-11-5-6-12-13(8-11)23-10-22-12/h5-6,8-9H,1-4,7,10H2,(H,19,20)/b14-9+. The molecule has 1 saturated heterocycles. The lowest BCUT2D eigenvalue weighted by Crippen LogP contribution is -2.29. The van der Waals surface area contributed by atoms with Crippen molar-refractivity contribution in [2.45, 2.75) is 25.7 Å². The van der Waals surface area contributed by atoms with E-state index in [2.05, 4.69) is 0 Å². The van der Waals surface area contributed by atoms with E-state index in [1.165, 1.54) is 11.8 Å². The largest absolute Gasteiger partial charge is 0.481 e. The van der Waals surface area contributed by atoms with Gasteiger partial charge in [0, 0.05) is 13.0 Å². The predicted octanol–water partition coefficient (Wildman–Crippen LogP) is 3.26. The van der Waals surface area contributed by atoms with E-state index in [4.69, 9.17) is 26.8 Å². The van der Waals surface area contributed by atoms with Crippen LogP contribution in [0.2, 0.25) is 0 Å². The van der Waals surface area contributed by atoms with Gasteiger partial charge in [-0.1, -0.05) is 36.5 Å². The Hall–Kier alpha value is -2.06. The molecule has 0 bridgehead atoms. The molecule has 1 fully saturated rings. The molecule has 2 aliphatic heterocycles. The first-order chi connectivity index (χ1) is 12.0. The van der Waals surface area contributed by atoms with Crippen LogP contribution in [-0.4, -0.2) is 39.5 Å². The fourth-order valence-electron chi connectivity index (χ4n) is 2.57. The molecule has 6 nitrogen and oxygen atoms in total. The number of benzene rings is 1. The Morgan fingerprint density at radius 2 is 2.08 bits per heavy atom. The molecule has 0 saturated carbocycles. The minimum atomic E-state index is -0.794. The maximum atomic E-state index is 12.5. The van der Waals surface area contributed by atoms with Crippen molar-refractivity contribution in [2.24, 2.45) is 0 Å². The molecule has 8 heteroatoms. The lowest BCUT2D eigenvalue weighted by molar-refractivity contribution is -0.137. The number of hydrogen-bond donors (Lipinski definition) is 1. The number of carbonyl (C=O) groups excluding carboxylic acids is 1. The SMILES string of the molecule is O=C(O)CCCCCN1C(=O)/C(=C\c2ccc3c(c2)OCO3)SC1=S. The summed E-state index contributed by atoms with van der Waals surface area (Å²) in [7, 11) is 0. The molecule has 2 aliphatic rings. The Morgan fingerprint density at radius 1 is 1.28 bits per heavy atom. The van der Waals surface area contributed by atoms with Gasteiger partial charge in [-0.25, -0.2) is 0 Å². The first-order valence-electron chi connectivity index (χ1n) is 7.91. The summed E-state index contributed by atoms with van der Waals surface area (Å²) in [5.74, 6) is 0.469. The number of carboxylic acids is 1. The Balaban J connectivity index is 1.60. The van der Waals surface area contributed by atoms with Crippen LogP contribution in [-0.2, 0) is 9.59 Å². The van der Waals surface area contributed by atoms with Crippen LogP contribution in [0.3, 0.4) is 0 Å². The van der Waals surface area contributed by atoms with Crippen molar-refractivity contribution < 1.29 is 24.2 Å². The van der Waals surface area contributed by atoms with E-state index in [0.29, 0.717) is 33.7 Å². The van der Waals surface area contributed by atoms with Crippen LogP contribution in [0.25, 0.3) is 6.08 Å². The molecular weight excluding hydrogens is 362 g/mol. The summed E-state index contributed by atoms with van der Waals surface area (Å²) in [6.07, 6.45) is 4.05. The summed E-state index contributed by atoms with van der Waals surface area (Å²) in [6.45, 7) is 0.728. The Bertz CT molecular complexity index is 747. The molecule has 132 valence electrons. The smallest absolute Gasteiger partial charge is 0.303 e. The average molecular weight is 379 g/mol. The van der Waals surface area contributed by atoms with Crippen LogP contribution in [0.5, 0.6) is 11.5 Å². The number of carboxylic acid groups (broad SMARTS) is 1. The normalized spacial score (nSPS) is 17.6. The van der Waals surface area contributed by atoms with Gasteiger partial charge in [-0.3, -0.25) is 14.5 Å². The molecule has 0 spiro atoms. The molecule has 0 aromatic heterocycles. The fraction of sp³-hybridized carbons (Fsp3) is 0.353. The number of thioether (sulfide) groups is 1. The second kappa shape index (κ2) is 7.88. The summed E-state index contributed by atoms with van der Waals surface area (Å²) in [5.41, 5.74) is 0.853. The highest BCUT2D eigenvalue weighted by atomic mass is 32.2. The minimum Gasteiger partial charge on any atom is -0.481 e. The molecule has 1 amide bonds. The summed E-state index contributed by atoms with van der Waals surface area (Å²) >= 11 is 6.58. The number of unbranched alkanes of at least 4 members (excludes halogenated alkanes) is 2. The zero-order valence-corrected chi connectivity index (χ0v) is 15.0. The highest BCUT2D eigenvalue weighted by molar-refractivity contribution is 8.26. The summed E-state index contributed by atoms with van der Waals surface area (Å²) < 4.78 is 11.2. The maximum Gasteiger partial charge on any atom is 0.303 e. The molecule has 0 aliphatic carbocycles. The number of nitrogens with zero attached hydrogens (tertiary/aromatic N) is 1. The zero-order chi connectivity index (χ0) is 17.8. The van der Waals surface area contributed by atoms with Gasteiger partial charge in [0.05, 0.1) is 4.91 Å². The van der Waals surface area contributed by atoms with E-state index in [0.717, 1.165) is 18.4 Å². The number of rotatable bonds is 7. The third-order valence-corrected chi connectivity index (χ3v) is 5.22. The van der Waals surface area contributed by atoms with E-state index in [9.17, 15) is 9.59 Å². The lowest BCUT2D eigenvalue weighted by atomic mass is 10.1. The molecule has 3 rings (SSSR count). The van der Waals surface area contributed by atoms with Crippen LogP contribution >= 0.6 is 24.0 Å². The van der Waals surface area contributed by atoms with Gasteiger partial charge in [-0.15, -0.1) is 0 Å². The van der Waals surface area contributed by atoms with Crippen molar-refractivity contribution in [3.05, 3.63) is 28.7 Å². The monoisotopic (exact) mass is 379 g/mol. The molecular formula is C17H17NO5S2. The van der Waals surface area contributed by atoms with Crippen LogP contribution in [0.1, 0.15) is 31.2 Å². The quantitative estimate of drug-likeness (QED) is 0.443. The molecule has 1 aromatic carbocycles. The zero-order valence-electron chi connectivity index (χ0n) is 13.4. The molecule has 2 heterocycles. The van der Waals surface area contributed by atoms with Crippen LogP contribution in [0.4, 0.5) is 0 Å². The van der Waals surface area contributed by atoms with Gasteiger partial charge in [0.1, 0.15) is 4.32 Å². The van der Waals surface area contributed by atoms with Gasteiger partial charge < -0.3 is 14.6 Å². The fourth-order valence-corrected chi connectivity index (χ4v) is 3.88. The van der Waals surface area contributed by atoms with Crippen LogP contribution < -0.4 is 9.47 Å². The number of aliphatic carboxylic acids is 1. The van der Waals surface area contributed by atoms with Gasteiger partial charge in [0.15, 0.2) is 11.5 Å². The number of carbonyl (C=O) groups is 2. The predicted molar refractivity (Wildman–Crippen MR) is 98.5 cm³/mol. The van der Waals surface area contributed by atoms with Gasteiger partial charge in [-0.2, -0.15) is 0 Å². The molecule has 1 N–H and O–H groups in total. The van der Waals surface area contributed by atoms with Crippen molar-refractivity contribution in [2.75, 3.05) is 13.3 Å². The van der Waals surface area contributed by atoms with E-state index >= 15 is 0 Å².